The molecule has 0 N–H and O–H groups in total. The van der Waals surface area contributed by atoms with Gasteiger partial charge >= 0.3 is 0 Å². The number of fused-ring (bicyclic) bond motifs is 1. The number of anilines is 1. The van der Waals surface area contributed by atoms with Crippen molar-refractivity contribution in [1.82, 2.24) is 9.88 Å². The van der Waals surface area contributed by atoms with Gasteiger partial charge in [0.05, 0.1) is 22.7 Å². The van der Waals surface area contributed by atoms with Gasteiger partial charge in [-0.05, 0) is 65.8 Å². The molecule has 4 rings (SSSR count). The summed E-state index contributed by atoms with van der Waals surface area (Å²) < 4.78 is 2.52. The lowest BCUT2D eigenvalue weighted by Gasteiger charge is -2.39. The lowest BCUT2D eigenvalue weighted by atomic mass is 10.0. The quantitative estimate of drug-likeness (QED) is 0.472. The number of aromatic nitrogens is 1. The van der Waals surface area contributed by atoms with Crippen molar-refractivity contribution in [2.45, 2.75) is 32.9 Å². The molecule has 144 valence electrons. The fourth-order valence-corrected chi connectivity index (χ4v) is 5.63. The van der Waals surface area contributed by atoms with Crippen molar-refractivity contribution in [3.8, 4) is 6.07 Å². The van der Waals surface area contributed by atoms with E-state index in [0.717, 1.165) is 42.4 Å². The van der Waals surface area contributed by atoms with E-state index in [2.05, 4.69) is 88.7 Å². The summed E-state index contributed by atoms with van der Waals surface area (Å²) in [7, 11) is 0. The molecule has 1 aromatic heterocycles. The summed E-state index contributed by atoms with van der Waals surface area (Å²) >= 11 is 4.15. The summed E-state index contributed by atoms with van der Waals surface area (Å²) in [4.78, 5) is 9.82. The van der Waals surface area contributed by atoms with Crippen molar-refractivity contribution in [2.75, 3.05) is 24.5 Å². The number of piperazine rings is 1. The highest BCUT2D eigenvalue weighted by Gasteiger charge is 2.25. The summed E-state index contributed by atoms with van der Waals surface area (Å²) in [6.45, 7) is 8.36. The Morgan fingerprint density at radius 3 is 2.82 bits per heavy atom. The Morgan fingerprint density at radius 2 is 2.04 bits per heavy atom. The van der Waals surface area contributed by atoms with E-state index in [1.54, 1.807) is 11.3 Å². The molecule has 1 fully saturated rings. The highest BCUT2D eigenvalue weighted by atomic mass is 127. The predicted octanol–water partition coefficient (Wildman–Crippen LogP) is 4.99. The Bertz CT molecular complexity index is 1040. The van der Waals surface area contributed by atoms with Gasteiger partial charge in [-0.25, -0.2) is 4.98 Å². The first-order valence-electron chi connectivity index (χ1n) is 9.53. The number of rotatable bonds is 4. The molecule has 1 aliphatic rings. The minimum atomic E-state index is 0.459. The molecule has 1 saturated heterocycles. The summed E-state index contributed by atoms with van der Waals surface area (Å²) in [5, 5.41) is 10.1. The zero-order valence-corrected chi connectivity index (χ0v) is 19.1. The topological polar surface area (TPSA) is 43.2 Å². The molecule has 1 atom stereocenters. The lowest BCUT2D eigenvalue weighted by Crippen LogP contribution is -2.51. The normalized spacial score (nSPS) is 17.8. The van der Waals surface area contributed by atoms with Crippen molar-refractivity contribution in [3.05, 3.63) is 56.7 Å². The zero-order valence-electron chi connectivity index (χ0n) is 16.2. The Balaban J connectivity index is 1.46. The molecule has 0 radical (unpaired) electrons. The number of hydrogen-bond acceptors (Lipinski definition) is 5. The molecule has 3 aromatic rings. The molecule has 0 unspecified atom stereocenters. The Morgan fingerprint density at radius 1 is 1.21 bits per heavy atom. The molecular weight excluding hydrogens is 479 g/mol. The highest BCUT2D eigenvalue weighted by Crippen LogP contribution is 2.31. The summed E-state index contributed by atoms with van der Waals surface area (Å²) in [6, 6.07) is 15.7. The molecular formula is C22H23IN4S. The molecule has 0 aliphatic carbocycles. The minimum absolute atomic E-state index is 0.459. The van der Waals surface area contributed by atoms with E-state index in [4.69, 9.17) is 10.2 Å². The number of nitrogens with zero attached hydrogens (tertiary/aromatic N) is 4. The summed E-state index contributed by atoms with van der Waals surface area (Å²) in [5.41, 5.74) is 4.76. The molecule has 2 aromatic carbocycles. The van der Waals surface area contributed by atoms with E-state index in [1.807, 2.05) is 0 Å². The van der Waals surface area contributed by atoms with Crippen LogP contribution in [0.1, 0.15) is 23.6 Å². The molecule has 0 bridgehead atoms. The minimum Gasteiger partial charge on any atom is -0.345 e. The lowest BCUT2D eigenvalue weighted by molar-refractivity contribution is 0.181. The molecule has 4 nitrogen and oxygen atoms in total. The highest BCUT2D eigenvalue weighted by molar-refractivity contribution is 14.1. The zero-order chi connectivity index (χ0) is 19.7. The molecule has 1 aliphatic heterocycles. The second kappa shape index (κ2) is 8.36. The number of benzene rings is 2. The summed E-state index contributed by atoms with van der Waals surface area (Å²) in [6.07, 6.45) is 0.481. The van der Waals surface area contributed by atoms with Crippen LogP contribution in [-0.2, 0) is 13.0 Å². The number of nitriles is 1. The van der Waals surface area contributed by atoms with Crippen LogP contribution in [0.3, 0.4) is 0 Å². The van der Waals surface area contributed by atoms with Crippen molar-refractivity contribution in [1.29, 1.82) is 5.26 Å². The molecule has 0 spiro atoms. The van der Waals surface area contributed by atoms with Gasteiger partial charge in [0.2, 0.25) is 0 Å². The van der Waals surface area contributed by atoms with E-state index >= 15 is 0 Å². The van der Waals surface area contributed by atoms with Crippen LogP contribution in [-0.4, -0.2) is 35.6 Å². The molecule has 0 amide bonds. The fourth-order valence-electron chi connectivity index (χ4n) is 3.89. The largest absolute Gasteiger partial charge is 0.345 e. The average Bonchev–Trinajstić information content (AvgIpc) is 3.06. The number of thiazole rings is 1. The van der Waals surface area contributed by atoms with E-state index in [0.29, 0.717) is 12.5 Å². The second-order valence-corrected chi connectivity index (χ2v) is 9.79. The van der Waals surface area contributed by atoms with Gasteiger partial charge < -0.3 is 4.90 Å². The van der Waals surface area contributed by atoms with Gasteiger partial charge in [-0.2, -0.15) is 5.26 Å². The Labute approximate surface area is 183 Å². The van der Waals surface area contributed by atoms with Crippen LogP contribution in [0, 0.1) is 21.8 Å². The fraction of sp³-hybridized carbons (Fsp3) is 0.364. The van der Waals surface area contributed by atoms with Crippen LogP contribution in [0.15, 0.2) is 36.4 Å². The van der Waals surface area contributed by atoms with Gasteiger partial charge in [-0.3, -0.25) is 4.90 Å². The Kier molecular flexibility index (Phi) is 5.85. The SMILES string of the molecule is Cc1cc(CC#N)cc(CN2CCN(c3nc4ccc(I)cc4s3)C[C@H]2C)c1. The third kappa shape index (κ3) is 4.32. The smallest absolute Gasteiger partial charge is 0.186 e. The second-order valence-electron chi connectivity index (χ2n) is 7.54. The van der Waals surface area contributed by atoms with Crippen LogP contribution in [0.4, 0.5) is 5.13 Å². The molecule has 2 heterocycles. The van der Waals surface area contributed by atoms with E-state index < -0.39 is 0 Å². The van der Waals surface area contributed by atoms with Crippen molar-refractivity contribution < 1.29 is 0 Å². The average molecular weight is 502 g/mol. The van der Waals surface area contributed by atoms with Gasteiger partial charge in [-0.15, -0.1) is 0 Å². The van der Waals surface area contributed by atoms with Gasteiger partial charge in [0, 0.05) is 35.8 Å². The maximum Gasteiger partial charge on any atom is 0.186 e. The monoisotopic (exact) mass is 502 g/mol. The van der Waals surface area contributed by atoms with Gasteiger partial charge in [0.1, 0.15) is 0 Å². The van der Waals surface area contributed by atoms with Crippen LogP contribution >= 0.6 is 33.9 Å². The van der Waals surface area contributed by atoms with Crippen molar-refractivity contribution in [2.24, 2.45) is 0 Å². The third-order valence-corrected chi connectivity index (χ3v) is 6.99. The molecule has 28 heavy (non-hydrogen) atoms. The molecule has 6 heteroatoms. The van der Waals surface area contributed by atoms with Crippen LogP contribution < -0.4 is 4.90 Å². The Hall–Kier alpha value is -1.69. The predicted molar refractivity (Wildman–Crippen MR) is 125 cm³/mol. The van der Waals surface area contributed by atoms with Crippen molar-refractivity contribution >= 4 is 49.3 Å². The maximum absolute atomic E-state index is 9.00. The standard InChI is InChI=1S/C22H23IN4S/c1-15-9-17(5-6-24)11-18(10-15)14-26-7-8-27(13-16(26)2)22-25-20-4-3-19(23)12-21(20)28-22/h3-4,9-12,16H,5,7-8,13-14H2,1-2H3/t16-/m1/s1. The van der Waals surface area contributed by atoms with E-state index in [-0.39, 0.29) is 0 Å². The number of hydrogen-bond donors (Lipinski definition) is 0. The van der Waals surface area contributed by atoms with Gasteiger partial charge in [0.15, 0.2) is 5.13 Å². The van der Waals surface area contributed by atoms with Crippen LogP contribution in [0.5, 0.6) is 0 Å². The van der Waals surface area contributed by atoms with E-state index in [9.17, 15) is 0 Å². The third-order valence-electron chi connectivity index (χ3n) is 5.24. The first-order valence-corrected chi connectivity index (χ1v) is 11.4. The van der Waals surface area contributed by atoms with Gasteiger partial charge in [0.25, 0.3) is 0 Å². The number of halogens is 1. The maximum atomic E-state index is 9.00. The first kappa shape index (κ1) is 19.6. The van der Waals surface area contributed by atoms with Crippen molar-refractivity contribution in [3.63, 3.8) is 0 Å². The van der Waals surface area contributed by atoms with Crippen LogP contribution in [0.2, 0.25) is 0 Å². The van der Waals surface area contributed by atoms with Gasteiger partial charge in [-0.1, -0.05) is 35.1 Å². The number of aryl methyl sites for hydroxylation is 1. The first-order chi connectivity index (χ1) is 13.5. The van der Waals surface area contributed by atoms with Crippen LogP contribution in [0.25, 0.3) is 10.2 Å². The molecule has 0 saturated carbocycles. The van der Waals surface area contributed by atoms with E-state index in [1.165, 1.54) is 19.4 Å². The summed E-state index contributed by atoms with van der Waals surface area (Å²) in [5.74, 6) is 0.